The molecule has 1 N–H and O–H groups in total. The van der Waals surface area contributed by atoms with E-state index < -0.39 is 0 Å². The molecule has 0 spiro atoms. The lowest BCUT2D eigenvalue weighted by Gasteiger charge is -2.16. The Hall–Kier alpha value is -0.470. The minimum absolute atomic E-state index is 0.234. The zero-order chi connectivity index (χ0) is 13.0. The summed E-state index contributed by atoms with van der Waals surface area (Å²) in [7, 11) is 0. The maximum Gasteiger partial charge on any atom is 0.0671 e. The number of aryl methyl sites for hydroxylation is 3. The molecule has 0 aliphatic rings. The minimum Gasteiger partial charge on any atom is -0.392 e. The summed E-state index contributed by atoms with van der Waals surface area (Å²) in [5.41, 5.74) is 5.22. The van der Waals surface area contributed by atoms with Crippen LogP contribution in [0.3, 0.4) is 0 Å². The van der Waals surface area contributed by atoms with E-state index in [4.69, 9.17) is 0 Å². The second-order valence-corrected chi connectivity index (χ2v) is 6.73. The zero-order valence-corrected chi connectivity index (χ0v) is 12.4. The van der Waals surface area contributed by atoms with Crippen LogP contribution >= 0.6 is 11.8 Å². The van der Waals surface area contributed by atoms with Crippen molar-refractivity contribution in [2.75, 3.05) is 5.75 Å². The molecule has 0 aliphatic carbocycles. The highest BCUT2D eigenvalue weighted by atomic mass is 32.2. The molecule has 1 rings (SSSR count). The van der Waals surface area contributed by atoms with Gasteiger partial charge < -0.3 is 5.11 Å². The molecule has 0 aliphatic heterocycles. The Labute approximate surface area is 110 Å². The SMILES string of the molecule is Cc1cc(C)c(CC(O)CSC(C)C)c(C)c1. The lowest BCUT2D eigenvalue weighted by atomic mass is 9.96. The first-order valence-electron chi connectivity index (χ1n) is 6.26. The molecule has 0 saturated heterocycles. The largest absolute Gasteiger partial charge is 0.392 e. The fourth-order valence-corrected chi connectivity index (χ4v) is 2.85. The molecule has 1 atom stereocenters. The number of thioether (sulfide) groups is 1. The third kappa shape index (κ3) is 4.72. The molecule has 0 radical (unpaired) electrons. The second-order valence-electron chi connectivity index (χ2n) is 5.12. The summed E-state index contributed by atoms with van der Waals surface area (Å²) >= 11 is 1.82. The standard InChI is InChI=1S/C15H24OS/c1-10(2)17-9-14(16)8-15-12(4)6-11(3)7-13(15)5/h6-7,10,14,16H,8-9H2,1-5H3. The third-order valence-corrected chi connectivity index (χ3v) is 4.15. The predicted octanol–water partition coefficient (Wildman–Crippen LogP) is 3.66. The molecule has 1 unspecified atom stereocenters. The first-order valence-corrected chi connectivity index (χ1v) is 7.31. The quantitative estimate of drug-likeness (QED) is 0.863. The van der Waals surface area contributed by atoms with Gasteiger partial charge in [0.1, 0.15) is 0 Å². The number of benzene rings is 1. The Balaban J connectivity index is 2.68. The molecule has 1 aromatic rings. The molecular weight excluding hydrogens is 228 g/mol. The van der Waals surface area contributed by atoms with Gasteiger partial charge in [0.2, 0.25) is 0 Å². The lowest BCUT2D eigenvalue weighted by Crippen LogP contribution is -2.16. The van der Waals surface area contributed by atoms with Gasteiger partial charge >= 0.3 is 0 Å². The van der Waals surface area contributed by atoms with Crippen molar-refractivity contribution in [3.05, 3.63) is 34.4 Å². The van der Waals surface area contributed by atoms with Crippen LogP contribution in [0.15, 0.2) is 12.1 Å². The molecule has 1 aromatic carbocycles. The van der Waals surface area contributed by atoms with E-state index in [1.165, 1.54) is 22.3 Å². The smallest absolute Gasteiger partial charge is 0.0671 e. The zero-order valence-electron chi connectivity index (χ0n) is 11.6. The second kappa shape index (κ2) is 6.46. The lowest BCUT2D eigenvalue weighted by molar-refractivity contribution is 0.199. The van der Waals surface area contributed by atoms with Crippen molar-refractivity contribution >= 4 is 11.8 Å². The molecule has 1 nitrogen and oxygen atoms in total. The van der Waals surface area contributed by atoms with Crippen LogP contribution in [-0.2, 0) is 6.42 Å². The summed E-state index contributed by atoms with van der Waals surface area (Å²) in [6.45, 7) is 10.7. The van der Waals surface area contributed by atoms with Crippen LogP contribution in [0.5, 0.6) is 0 Å². The van der Waals surface area contributed by atoms with E-state index in [2.05, 4.69) is 46.8 Å². The molecule has 0 bridgehead atoms. The van der Waals surface area contributed by atoms with Crippen LogP contribution in [0, 0.1) is 20.8 Å². The molecule has 0 heterocycles. The molecule has 0 fully saturated rings. The van der Waals surface area contributed by atoms with Crippen LogP contribution in [0.2, 0.25) is 0 Å². The van der Waals surface area contributed by atoms with Gasteiger partial charge in [-0.3, -0.25) is 0 Å². The van der Waals surface area contributed by atoms with Gasteiger partial charge in [0, 0.05) is 5.75 Å². The van der Waals surface area contributed by atoms with Gasteiger partial charge in [0.05, 0.1) is 6.10 Å². The number of hydrogen-bond donors (Lipinski definition) is 1. The van der Waals surface area contributed by atoms with Gasteiger partial charge in [-0.25, -0.2) is 0 Å². The van der Waals surface area contributed by atoms with Crippen LogP contribution < -0.4 is 0 Å². The maximum absolute atomic E-state index is 10.0. The van der Waals surface area contributed by atoms with Crippen molar-refractivity contribution in [3.8, 4) is 0 Å². The topological polar surface area (TPSA) is 20.2 Å². The van der Waals surface area contributed by atoms with Gasteiger partial charge in [-0.2, -0.15) is 11.8 Å². The normalized spacial score (nSPS) is 13.1. The Kier molecular flexibility index (Phi) is 5.54. The molecule has 0 saturated carbocycles. The summed E-state index contributed by atoms with van der Waals surface area (Å²) in [5.74, 6) is 0.824. The van der Waals surface area contributed by atoms with Crippen molar-refractivity contribution in [1.29, 1.82) is 0 Å². The van der Waals surface area contributed by atoms with Crippen molar-refractivity contribution in [2.24, 2.45) is 0 Å². The maximum atomic E-state index is 10.0. The van der Waals surface area contributed by atoms with E-state index in [1.807, 2.05) is 11.8 Å². The average molecular weight is 252 g/mol. The summed E-state index contributed by atoms with van der Waals surface area (Å²) in [5, 5.41) is 10.6. The van der Waals surface area contributed by atoms with Crippen LogP contribution in [0.1, 0.15) is 36.1 Å². The van der Waals surface area contributed by atoms with Crippen molar-refractivity contribution < 1.29 is 5.11 Å². The number of aliphatic hydroxyl groups is 1. The Morgan fingerprint density at radius 3 is 2.12 bits per heavy atom. The van der Waals surface area contributed by atoms with E-state index in [9.17, 15) is 5.11 Å². The van der Waals surface area contributed by atoms with Gasteiger partial charge in [-0.05, 0) is 49.1 Å². The summed E-state index contributed by atoms with van der Waals surface area (Å²) < 4.78 is 0. The van der Waals surface area contributed by atoms with E-state index in [1.54, 1.807) is 0 Å². The molecule has 17 heavy (non-hydrogen) atoms. The van der Waals surface area contributed by atoms with E-state index in [-0.39, 0.29) is 6.10 Å². The molecule has 0 aromatic heterocycles. The van der Waals surface area contributed by atoms with Gasteiger partial charge in [-0.1, -0.05) is 31.5 Å². The number of rotatable bonds is 5. The summed E-state index contributed by atoms with van der Waals surface area (Å²) in [4.78, 5) is 0. The Morgan fingerprint density at radius 2 is 1.65 bits per heavy atom. The van der Waals surface area contributed by atoms with E-state index >= 15 is 0 Å². The monoisotopic (exact) mass is 252 g/mol. The van der Waals surface area contributed by atoms with E-state index in [0.717, 1.165) is 12.2 Å². The predicted molar refractivity (Wildman–Crippen MR) is 78.0 cm³/mol. The first-order chi connectivity index (χ1) is 7.90. The fourth-order valence-electron chi connectivity index (χ4n) is 2.13. The van der Waals surface area contributed by atoms with Crippen molar-refractivity contribution in [1.82, 2.24) is 0 Å². The fraction of sp³-hybridized carbons (Fsp3) is 0.600. The first kappa shape index (κ1) is 14.6. The average Bonchev–Trinajstić information content (AvgIpc) is 2.20. The molecule has 2 heteroatoms. The van der Waals surface area contributed by atoms with Crippen molar-refractivity contribution in [2.45, 2.75) is 52.4 Å². The molecular formula is C15H24OS. The van der Waals surface area contributed by atoms with Crippen LogP contribution in [0.25, 0.3) is 0 Å². The third-order valence-electron chi connectivity index (χ3n) is 2.90. The van der Waals surface area contributed by atoms with Crippen LogP contribution in [0.4, 0.5) is 0 Å². The highest BCUT2D eigenvalue weighted by Crippen LogP contribution is 2.20. The van der Waals surface area contributed by atoms with Crippen LogP contribution in [-0.4, -0.2) is 22.2 Å². The summed E-state index contributed by atoms with van der Waals surface area (Å²) in [6, 6.07) is 4.40. The highest BCUT2D eigenvalue weighted by molar-refractivity contribution is 7.99. The van der Waals surface area contributed by atoms with Crippen molar-refractivity contribution in [3.63, 3.8) is 0 Å². The highest BCUT2D eigenvalue weighted by Gasteiger charge is 2.11. The van der Waals surface area contributed by atoms with Gasteiger partial charge in [0.15, 0.2) is 0 Å². The van der Waals surface area contributed by atoms with E-state index in [0.29, 0.717) is 5.25 Å². The summed E-state index contributed by atoms with van der Waals surface area (Å²) in [6.07, 6.45) is 0.542. The van der Waals surface area contributed by atoms with Gasteiger partial charge in [0.25, 0.3) is 0 Å². The number of aliphatic hydroxyl groups excluding tert-OH is 1. The number of hydrogen-bond acceptors (Lipinski definition) is 2. The minimum atomic E-state index is -0.234. The van der Waals surface area contributed by atoms with Gasteiger partial charge in [-0.15, -0.1) is 0 Å². The molecule has 96 valence electrons. The molecule has 0 amide bonds. The Bertz CT molecular complexity index is 348. The Morgan fingerprint density at radius 1 is 1.12 bits per heavy atom.